The van der Waals surface area contributed by atoms with Crippen molar-refractivity contribution in [3.63, 3.8) is 0 Å². The minimum absolute atomic E-state index is 0.0825. The van der Waals surface area contributed by atoms with Gasteiger partial charge in [-0.1, -0.05) is 12.1 Å². The summed E-state index contributed by atoms with van der Waals surface area (Å²) in [4.78, 5) is 11.6. The molecule has 1 amide bonds. The van der Waals surface area contributed by atoms with E-state index in [1.165, 1.54) is 0 Å². The average molecular weight is 279 g/mol. The van der Waals surface area contributed by atoms with Crippen molar-refractivity contribution in [3.8, 4) is 0 Å². The molecule has 0 unspecified atom stereocenters. The van der Waals surface area contributed by atoms with Crippen LogP contribution < -0.4 is 16.0 Å². The quantitative estimate of drug-likeness (QED) is 0.743. The molecule has 0 spiro atoms. The fourth-order valence-electron chi connectivity index (χ4n) is 1.52. The third-order valence-corrected chi connectivity index (χ3v) is 2.45. The monoisotopic (exact) mass is 279 g/mol. The predicted molar refractivity (Wildman–Crippen MR) is 83.3 cm³/mol. The zero-order valence-corrected chi connectivity index (χ0v) is 12.6. The molecule has 0 atom stereocenters. The Labute approximate surface area is 120 Å². The number of benzene rings is 1. The summed E-state index contributed by atoms with van der Waals surface area (Å²) in [5, 5.41) is 9.22. The molecule has 4 nitrogen and oxygen atoms in total. The van der Waals surface area contributed by atoms with Gasteiger partial charge in [0.2, 0.25) is 5.91 Å². The molecule has 1 aromatic carbocycles. The first-order chi connectivity index (χ1) is 8.76. The van der Waals surface area contributed by atoms with Gasteiger partial charge in [0, 0.05) is 11.2 Å². The van der Waals surface area contributed by atoms with Gasteiger partial charge in [0.25, 0.3) is 0 Å². The van der Waals surface area contributed by atoms with E-state index in [0.29, 0.717) is 5.11 Å². The first-order valence-corrected chi connectivity index (χ1v) is 6.59. The number of hydrogen-bond donors (Lipinski definition) is 3. The summed E-state index contributed by atoms with van der Waals surface area (Å²) in [6.45, 7) is 7.99. The molecule has 0 aliphatic carbocycles. The van der Waals surface area contributed by atoms with E-state index < -0.39 is 0 Å². The van der Waals surface area contributed by atoms with Gasteiger partial charge < -0.3 is 16.0 Å². The van der Waals surface area contributed by atoms with Crippen LogP contribution in [0.4, 0.5) is 5.69 Å². The van der Waals surface area contributed by atoms with Gasteiger partial charge in [-0.15, -0.1) is 0 Å². The van der Waals surface area contributed by atoms with Gasteiger partial charge in [-0.25, -0.2) is 0 Å². The third-order valence-electron chi connectivity index (χ3n) is 2.20. The average Bonchev–Trinajstić information content (AvgIpc) is 2.24. The van der Waals surface area contributed by atoms with Crippen LogP contribution in [0.3, 0.4) is 0 Å². The van der Waals surface area contributed by atoms with Crippen molar-refractivity contribution in [2.24, 2.45) is 0 Å². The summed E-state index contributed by atoms with van der Waals surface area (Å²) >= 11 is 5.14. The van der Waals surface area contributed by atoms with Crippen LogP contribution in [0.5, 0.6) is 0 Å². The normalized spacial score (nSPS) is 10.7. The van der Waals surface area contributed by atoms with Gasteiger partial charge >= 0.3 is 0 Å². The van der Waals surface area contributed by atoms with Gasteiger partial charge in [-0.05, 0) is 57.6 Å². The van der Waals surface area contributed by atoms with Crippen LogP contribution in [0.25, 0.3) is 0 Å². The van der Waals surface area contributed by atoms with E-state index in [2.05, 4.69) is 16.0 Å². The Morgan fingerprint density at radius 2 is 2.00 bits per heavy atom. The van der Waals surface area contributed by atoms with Gasteiger partial charge in [-0.2, -0.15) is 0 Å². The van der Waals surface area contributed by atoms with E-state index in [0.717, 1.165) is 11.3 Å². The second-order valence-electron chi connectivity index (χ2n) is 5.48. The number of carbonyl (C=O) groups is 1. The van der Waals surface area contributed by atoms with Crippen LogP contribution in [-0.2, 0) is 4.79 Å². The highest BCUT2D eigenvalue weighted by Gasteiger charge is 2.13. The highest BCUT2D eigenvalue weighted by atomic mass is 32.1. The van der Waals surface area contributed by atoms with Crippen LogP contribution in [0.2, 0.25) is 0 Å². The van der Waals surface area contributed by atoms with Crippen molar-refractivity contribution in [1.29, 1.82) is 0 Å². The predicted octanol–water partition coefficient (Wildman–Crippen LogP) is 2.20. The Balaban J connectivity index is 2.38. The Bertz CT molecular complexity index is 466. The van der Waals surface area contributed by atoms with Gasteiger partial charge in [0.05, 0.1) is 6.54 Å². The molecule has 0 saturated heterocycles. The van der Waals surface area contributed by atoms with Crippen LogP contribution in [-0.4, -0.2) is 23.1 Å². The van der Waals surface area contributed by atoms with Gasteiger partial charge in [0.15, 0.2) is 5.11 Å². The maximum absolute atomic E-state index is 11.6. The molecule has 5 heteroatoms. The largest absolute Gasteiger partial charge is 0.353 e. The smallest absolute Gasteiger partial charge is 0.239 e. The number of hydrogen-bond acceptors (Lipinski definition) is 2. The zero-order valence-electron chi connectivity index (χ0n) is 11.8. The molecule has 1 aromatic rings. The first kappa shape index (κ1) is 15.4. The van der Waals surface area contributed by atoms with E-state index in [9.17, 15) is 4.79 Å². The van der Waals surface area contributed by atoms with Crippen molar-refractivity contribution >= 4 is 28.9 Å². The van der Waals surface area contributed by atoms with E-state index >= 15 is 0 Å². The summed E-state index contributed by atoms with van der Waals surface area (Å²) in [7, 11) is 0. The molecule has 19 heavy (non-hydrogen) atoms. The molecule has 0 bridgehead atoms. The minimum atomic E-state index is -0.232. The molecule has 0 aliphatic heterocycles. The van der Waals surface area contributed by atoms with Crippen molar-refractivity contribution < 1.29 is 4.79 Å². The number of thiocarbonyl (C=S) groups is 1. The van der Waals surface area contributed by atoms with Crippen LogP contribution in [0.15, 0.2) is 24.3 Å². The molecule has 0 radical (unpaired) electrons. The molecule has 0 aromatic heterocycles. The number of aryl methyl sites for hydroxylation is 1. The summed E-state index contributed by atoms with van der Waals surface area (Å²) in [6, 6.07) is 7.88. The number of nitrogens with one attached hydrogen (secondary N) is 3. The Morgan fingerprint density at radius 1 is 1.32 bits per heavy atom. The summed E-state index contributed by atoms with van der Waals surface area (Å²) in [6.07, 6.45) is 0. The van der Waals surface area contributed by atoms with Crippen molar-refractivity contribution in [3.05, 3.63) is 29.8 Å². The Hall–Kier alpha value is -1.62. The fourth-order valence-corrected chi connectivity index (χ4v) is 1.71. The SMILES string of the molecule is Cc1cccc(NC(=S)NCC(=O)NC(C)(C)C)c1. The number of rotatable bonds is 3. The molecule has 3 N–H and O–H groups in total. The molecular formula is C14H21N3OS. The topological polar surface area (TPSA) is 53.2 Å². The lowest BCUT2D eigenvalue weighted by molar-refractivity contribution is -0.121. The van der Waals surface area contributed by atoms with E-state index in [4.69, 9.17) is 12.2 Å². The van der Waals surface area contributed by atoms with Crippen LogP contribution >= 0.6 is 12.2 Å². The summed E-state index contributed by atoms with van der Waals surface area (Å²) in [5.41, 5.74) is 1.83. The second-order valence-corrected chi connectivity index (χ2v) is 5.88. The van der Waals surface area contributed by atoms with Crippen LogP contribution in [0, 0.1) is 6.92 Å². The lowest BCUT2D eigenvalue weighted by atomic mass is 10.1. The highest BCUT2D eigenvalue weighted by Crippen LogP contribution is 2.08. The van der Waals surface area contributed by atoms with Crippen LogP contribution in [0.1, 0.15) is 26.3 Å². The minimum Gasteiger partial charge on any atom is -0.353 e. The number of carbonyl (C=O) groups excluding carboxylic acids is 1. The lowest BCUT2D eigenvalue weighted by Gasteiger charge is -2.21. The number of amides is 1. The summed E-state index contributed by atoms with van der Waals surface area (Å²) < 4.78 is 0. The molecule has 104 valence electrons. The Morgan fingerprint density at radius 3 is 2.58 bits per heavy atom. The molecule has 0 heterocycles. The standard InChI is InChI=1S/C14H21N3OS/c1-10-6-5-7-11(8-10)16-13(19)15-9-12(18)17-14(2,3)4/h5-8H,9H2,1-4H3,(H,17,18)(H2,15,16,19). The maximum Gasteiger partial charge on any atom is 0.239 e. The molecule has 0 saturated carbocycles. The first-order valence-electron chi connectivity index (χ1n) is 6.19. The zero-order chi connectivity index (χ0) is 14.5. The van der Waals surface area contributed by atoms with E-state index in [1.54, 1.807) is 0 Å². The van der Waals surface area contributed by atoms with Crippen molar-refractivity contribution in [2.45, 2.75) is 33.2 Å². The van der Waals surface area contributed by atoms with Crippen molar-refractivity contribution in [1.82, 2.24) is 10.6 Å². The summed E-state index contributed by atoms with van der Waals surface area (Å²) in [5.74, 6) is -0.0825. The fraction of sp³-hybridized carbons (Fsp3) is 0.429. The highest BCUT2D eigenvalue weighted by molar-refractivity contribution is 7.80. The molecular weight excluding hydrogens is 258 g/mol. The third kappa shape index (κ3) is 6.76. The number of anilines is 1. The molecule has 0 aliphatic rings. The van der Waals surface area contributed by atoms with Gasteiger partial charge in [-0.3, -0.25) is 4.79 Å². The Kier molecular flexibility index (Phi) is 5.30. The second kappa shape index (κ2) is 6.52. The maximum atomic E-state index is 11.6. The van der Waals surface area contributed by atoms with Crippen molar-refractivity contribution in [2.75, 3.05) is 11.9 Å². The van der Waals surface area contributed by atoms with E-state index in [-0.39, 0.29) is 18.0 Å². The molecule has 1 rings (SSSR count). The molecule has 0 fully saturated rings. The van der Waals surface area contributed by atoms with Gasteiger partial charge in [0.1, 0.15) is 0 Å². The van der Waals surface area contributed by atoms with E-state index in [1.807, 2.05) is 52.0 Å². The lowest BCUT2D eigenvalue weighted by Crippen LogP contribution is -2.46.